The van der Waals surface area contributed by atoms with E-state index in [2.05, 4.69) is 31.8 Å². The fourth-order valence-corrected chi connectivity index (χ4v) is 7.92. The molecular formula is C33H40N6O5S. The number of nitro benzene ring substituents is 1. The Morgan fingerprint density at radius 2 is 1.49 bits per heavy atom. The Balaban J connectivity index is 1.21. The summed E-state index contributed by atoms with van der Waals surface area (Å²) in [6.45, 7) is 6.88. The molecule has 3 aliphatic heterocycles. The molecule has 12 heteroatoms. The summed E-state index contributed by atoms with van der Waals surface area (Å²) in [7, 11) is -3.77. The molecule has 3 saturated heterocycles. The molecule has 0 aromatic heterocycles. The highest BCUT2D eigenvalue weighted by Gasteiger charge is 2.31. The number of nitrogens with zero attached hydrogens (tertiary/aromatic N) is 6. The van der Waals surface area contributed by atoms with E-state index in [0.29, 0.717) is 62.0 Å². The van der Waals surface area contributed by atoms with Crippen LogP contribution in [0, 0.1) is 10.1 Å². The minimum absolute atomic E-state index is 0.0338. The van der Waals surface area contributed by atoms with Crippen LogP contribution in [-0.4, -0.2) is 94.3 Å². The van der Waals surface area contributed by atoms with Gasteiger partial charge in [0, 0.05) is 71.2 Å². The SMILES string of the molecule is O=[N+]([O-])c1cc(C=Nc2ccc(N3CCCCC3)c(S(=O)(=O)N3CCOCC3)c2)ccc1N1CCN(Cc2ccccc2)CC1. The number of rotatable bonds is 9. The van der Waals surface area contributed by atoms with Crippen molar-refractivity contribution in [1.29, 1.82) is 0 Å². The van der Waals surface area contributed by atoms with Crippen LogP contribution in [0.1, 0.15) is 30.4 Å². The maximum Gasteiger partial charge on any atom is 0.293 e. The number of sulfonamides is 1. The first-order chi connectivity index (χ1) is 21.9. The molecule has 0 atom stereocenters. The van der Waals surface area contributed by atoms with Gasteiger partial charge in [0.05, 0.1) is 29.5 Å². The number of hydrogen-bond acceptors (Lipinski definition) is 9. The normalized spacial score (nSPS) is 18.8. The van der Waals surface area contributed by atoms with Gasteiger partial charge in [0.15, 0.2) is 0 Å². The predicted molar refractivity (Wildman–Crippen MR) is 176 cm³/mol. The van der Waals surface area contributed by atoms with Crippen LogP contribution >= 0.6 is 0 Å². The highest BCUT2D eigenvalue weighted by atomic mass is 32.2. The topological polar surface area (TPSA) is 112 Å². The molecule has 3 heterocycles. The van der Waals surface area contributed by atoms with E-state index in [-0.39, 0.29) is 15.5 Å². The minimum Gasteiger partial charge on any atom is -0.379 e. The van der Waals surface area contributed by atoms with Gasteiger partial charge in [0.1, 0.15) is 10.6 Å². The van der Waals surface area contributed by atoms with Crippen molar-refractivity contribution in [3.05, 3.63) is 88.0 Å². The number of aliphatic imine (C=N–C) groups is 1. The number of morpholine rings is 1. The summed E-state index contributed by atoms with van der Waals surface area (Å²) >= 11 is 0. The average Bonchev–Trinajstić information content (AvgIpc) is 3.09. The van der Waals surface area contributed by atoms with E-state index in [1.54, 1.807) is 24.4 Å². The molecule has 0 N–H and O–H groups in total. The standard InChI is InChI=1S/C33H40N6O5S/c40-39(41)32-23-28(9-11-30(32)37-17-15-35(16-18-37)26-27-7-3-1-4-8-27)25-34-29-10-12-31(36-13-5-2-6-14-36)33(24-29)45(42,43)38-19-21-44-22-20-38/h1,3-4,7-12,23-25H,2,5-6,13-22,26H2. The maximum absolute atomic E-state index is 13.8. The summed E-state index contributed by atoms with van der Waals surface area (Å²) in [6, 6.07) is 20.8. The van der Waals surface area contributed by atoms with Crippen molar-refractivity contribution in [2.45, 2.75) is 30.7 Å². The van der Waals surface area contributed by atoms with E-state index in [1.807, 2.05) is 36.4 Å². The van der Waals surface area contributed by atoms with Gasteiger partial charge in [-0.15, -0.1) is 0 Å². The number of ether oxygens (including phenoxy) is 1. The van der Waals surface area contributed by atoms with Crippen LogP contribution in [0.3, 0.4) is 0 Å². The lowest BCUT2D eigenvalue weighted by molar-refractivity contribution is -0.384. The number of nitro groups is 1. The van der Waals surface area contributed by atoms with Gasteiger partial charge in [-0.3, -0.25) is 20.0 Å². The fraction of sp³-hybridized carbons (Fsp3) is 0.424. The molecule has 45 heavy (non-hydrogen) atoms. The highest BCUT2D eigenvalue weighted by Crippen LogP contribution is 2.34. The van der Waals surface area contributed by atoms with E-state index in [1.165, 1.54) is 9.87 Å². The zero-order valence-corrected chi connectivity index (χ0v) is 26.3. The predicted octanol–water partition coefficient (Wildman–Crippen LogP) is 4.68. The van der Waals surface area contributed by atoms with E-state index in [0.717, 1.165) is 52.0 Å². The lowest BCUT2D eigenvalue weighted by atomic mass is 10.1. The highest BCUT2D eigenvalue weighted by molar-refractivity contribution is 7.89. The largest absolute Gasteiger partial charge is 0.379 e. The summed E-state index contributed by atoms with van der Waals surface area (Å²) < 4.78 is 34.5. The summed E-state index contributed by atoms with van der Waals surface area (Å²) in [4.78, 5) is 23.2. The first-order valence-electron chi connectivity index (χ1n) is 15.7. The molecule has 0 radical (unpaired) electrons. The number of piperidine rings is 1. The van der Waals surface area contributed by atoms with Crippen molar-refractivity contribution in [2.24, 2.45) is 4.99 Å². The Labute approximate surface area is 264 Å². The molecule has 0 unspecified atom stereocenters. The maximum atomic E-state index is 13.8. The average molecular weight is 633 g/mol. The quantitative estimate of drug-likeness (QED) is 0.190. The minimum atomic E-state index is -3.77. The third kappa shape index (κ3) is 7.36. The zero-order valence-electron chi connectivity index (χ0n) is 25.5. The van der Waals surface area contributed by atoms with E-state index >= 15 is 0 Å². The van der Waals surface area contributed by atoms with Gasteiger partial charge in [-0.1, -0.05) is 36.4 Å². The Morgan fingerprint density at radius 1 is 0.800 bits per heavy atom. The summed E-state index contributed by atoms with van der Waals surface area (Å²) in [5.41, 5.74) is 3.64. The van der Waals surface area contributed by atoms with Crippen LogP contribution in [0.5, 0.6) is 0 Å². The molecule has 3 fully saturated rings. The molecule has 3 aromatic carbocycles. The Morgan fingerprint density at radius 3 is 2.20 bits per heavy atom. The lowest BCUT2D eigenvalue weighted by Gasteiger charge is -2.35. The number of anilines is 2. The second-order valence-corrected chi connectivity index (χ2v) is 13.6. The molecule has 6 rings (SSSR count). The smallest absolute Gasteiger partial charge is 0.293 e. The Bertz CT molecular complexity index is 1610. The molecule has 0 bridgehead atoms. The van der Waals surface area contributed by atoms with Gasteiger partial charge in [-0.25, -0.2) is 8.42 Å². The molecule has 0 spiro atoms. The molecule has 0 aliphatic carbocycles. The Hall–Kier alpha value is -3.84. The monoisotopic (exact) mass is 632 g/mol. The number of piperazine rings is 1. The van der Waals surface area contributed by atoms with Gasteiger partial charge < -0.3 is 14.5 Å². The Kier molecular flexibility index (Phi) is 9.74. The second kappa shape index (κ2) is 14.1. The number of hydrogen-bond donors (Lipinski definition) is 0. The van der Waals surface area contributed by atoms with Gasteiger partial charge in [0.25, 0.3) is 5.69 Å². The molecule has 0 saturated carbocycles. The third-order valence-corrected chi connectivity index (χ3v) is 10.7. The second-order valence-electron chi connectivity index (χ2n) is 11.7. The molecule has 3 aromatic rings. The third-order valence-electron chi connectivity index (χ3n) is 8.75. The van der Waals surface area contributed by atoms with E-state index < -0.39 is 10.0 Å². The van der Waals surface area contributed by atoms with Crippen molar-refractivity contribution in [2.75, 3.05) is 75.4 Å². The molecular weight excluding hydrogens is 592 g/mol. The van der Waals surface area contributed by atoms with Gasteiger partial charge in [0.2, 0.25) is 10.0 Å². The number of benzene rings is 3. The van der Waals surface area contributed by atoms with Crippen LogP contribution in [0.25, 0.3) is 0 Å². The zero-order chi connectivity index (χ0) is 31.2. The van der Waals surface area contributed by atoms with Gasteiger partial charge in [-0.05, 0) is 54.7 Å². The summed E-state index contributed by atoms with van der Waals surface area (Å²) in [6.07, 6.45) is 4.75. The van der Waals surface area contributed by atoms with Gasteiger partial charge >= 0.3 is 0 Å². The van der Waals surface area contributed by atoms with Crippen LogP contribution < -0.4 is 9.80 Å². The van der Waals surface area contributed by atoms with Crippen LogP contribution in [0.2, 0.25) is 0 Å². The van der Waals surface area contributed by atoms with E-state index in [4.69, 9.17) is 4.74 Å². The van der Waals surface area contributed by atoms with Gasteiger partial charge in [-0.2, -0.15) is 4.31 Å². The first-order valence-corrected chi connectivity index (χ1v) is 17.1. The van der Waals surface area contributed by atoms with Crippen LogP contribution in [0.4, 0.5) is 22.7 Å². The molecule has 11 nitrogen and oxygen atoms in total. The summed E-state index contributed by atoms with van der Waals surface area (Å²) in [5.74, 6) is 0. The fourth-order valence-electron chi connectivity index (χ4n) is 6.28. The lowest BCUT2D eigenvalue weighted by Crippen LogP contribution is -2.46. The van der Waals surface area contributed by atoms with E-state index in [9.17, 15) is 18.5 Å². The van der Waals surface area contributed by atoms with Crippen molar-refractivity contribution in [3.63, 3.8) is 0 Å². The van der Waals surface area contributed by atoms with Crippen LogP contribution in [-0.2, 0) is 21.3 Å². The first kappa shape index (κ1) is 31.2. The van der Waals surface area contributed by atoms with Crippen molar-refractivity contribution in [3.8, 4) is 0 Å². The van der Waals surface area contributed by atoms with Crippen molar-refractivity contribution in [1.82, 2.24) is 9.21 Å². The molecule has 238 valence electrons. The van der Waals surface area contributed by atoms with Crippen molar-refractivity contribution >= 4 is 39.0 Å². The summed E-state index contributed by atoms with van der Waals surface area (Å²) in [5, 5.41) is 12.1. The molecule has 0 amide bonds. The van der Waals surface area contributed by atoms with Crippen molar-refractivity contribution < 1.29 is 18.1 Å². The van der Waals surface area contributed by atoms with Crippen LogP contribution in [0.15, 0.2) is 76.6 Å². The molecule has 3 aliphatic rings.